The predicted octanol–water partition coefficient (Wildman–Crippen LogP) is 5.27. The topological polar surface area (TPSA) is 157 Å². The van der Waals surface area contributed by atoms with Gasteiger partial charge in [0.1, 0.15) is 18.2 Å². The third kappa shape index (κ3) is 13.8. The highest BCUT2D eigenvalue weighted by Gasteiger charge is 2.42. The number of hydrogen-bond donors (Lipinski definition) is 6. The first-order chi connectivity index (χ1) is 21.6. The van der Waals surface area contributed by atoms with Gasteiger partial charge in [-0.1, -0.05) is 100 Å². The molecule has 0 aliphatic heterocycles. The van der Waals surface area contributed by atoms with Gasteiger partial charge in [0, 0.05) is 36.9 Å². The first kappa shape index (κ1) is 37.4. The number of unbranched alkanes of at least 4 members (excludes halogenated alkanes) is 4. The zero-order chi connectivity index (χ0) is 33.1. The number of benzene rings is 2. The first-order valence-corrected chi connectivity index (χ1v) is 16.1. The fourth-order valence-electron chi connectivity index (χ4n) is 5.70. The van der Waals surface area contributed by atoms with E-state index >= 15 is 0 Å². The largest absolute Gasteiger partial charge is 0.465 e. The number of carbonyl (C=O) groups is 4. The number of hydrogen-bond acceptors (Lipinski definition) is 6. The molecule has 0 saturated carbocycles. The monoisotopic (exact) mass is 624 g/mol. The molecule has 0 heterocycles. The second-order valence-corrected chi connectivity index (χ2v) is 12.2. The Morgan fingerprint density at radius 1 is 0.778 bits per heavy atom. The van der Waals surface area contributed by atoms with Gasteiger partial charge >= 0.3 is 12.2 Å². The molecule has 10 heteroatoms. The van der Waals surface area contributed by atoms with Crippen molar-refractivity contribution in [2.75, 3.05) is 13.1 Å². The van der Waals surface area contributed by atoms with Gasteiger partial charge < -0.3 is 35.8 Å². The quantitative estimate of drug-likeness (QED) is 0.0555. The Balaban J connectivity index is 2.33. The second kappa shape index (κ2) is 20.3. The van der Waals surface area contributed by atoms with Crippen molar-refractivity contribution in [1.29, 1.82) is 0 Å². The van der Waals surface area contributed by atoms with E-state index in [1.54, 1.807) is 6.92 Å². The van der Waals surface area contributed by atoms with Crippen LogP contribution in [0.3, 0.4) is 0 Å². The van der Waals surface area contributed by atoms with Crippen molar-refractivity contribution in [3.8, 4) is 0 Å². The average Bonchev–Trinajstić information content (AvgIpc) is 3.03. The standard InChI is InChI=1S/C35H52N4O6/c1-26(24-40)28(3)36-20-14-6-4-5-13-19-31(21-29-15-9-7-10-16-29)35(39-34(44)45,22-30-17-11-8-12-18-30)38-32(27(2)25-41)23-37-33(42)43/h7-12,15-18,24-28,31-32,36-39H,4-6,13-14,19-23H2,1-3H3,(H,42,43)(H,44,45)/t26?,27?,28?,31-,32+,35?/m0/s1. The van der Waals surface area contributed by atoms with Crippen molar-refractivity contribution in [3.05, 3.63) is 71.8 Å². The maximum Gasteiger partial charge on any atom is 0.406 e. The summed E-state index contributed by atoms with van der Waals surface area (Å²) < 4.78 is 0. The average molecular weight is 625 g/mol. The number of nitrogens with one attached hydrogen (secondary N) is 4. The zero-order valence-electron chi connectivity index (χ0n) is 26.9. The fraction of sp³-hybridized carbons (Fsp3) is 0.543. The maximum atomic E-state index is 12.5. The predicted molar refractivity (Wildman–Crippen MR) is 176 cm³/mol. The molecule has 0 aromatic heterocycles. The Morgan fingerprint density at radius 3 is 1.93 bits per heavy atom. The van der Waals surface area contributed by atoms with Gasteiger partial charge in [-0.2, -0.15) is 0 Å². The van der Waals surface area contributed by atoms with Gasteiger partial charge in [-0.3, -0.25) is 5.32 Å². The molecular formula is C35H52N4O6. The number of carboxylic acid groups (broad SMARTS) is 2. The van der Waals surface area contributed by atoms with Gasteiger partial charge in [0.15, 0.2) is 0 Å². The van der Waals surface area contributed by atoms with E-state index in [1.165, 1.54) is 0 Å². The van der Waals surface area contributed by atoms with Crippen LogP contribution < -0.4 is 21.3 Å². The van der Waals surface area contributed by atoms with E-state index in [0.717, 1.165) is 62.3 Å². The summed E-state index contributed by atoms with van der Waals surface area (Å²) in [6.07, 6.45) is 5.79. The summed E-state index contributed by atoms with van der Waals surface area (Å²) in [6, 6.07) is 19.0. The molecule has 2 aromatic rings. The van der Waals surface area contributed by atoms with Crippen LogP contribution in [0.15, 0.2) is 60.7 Å². The van der Waals surface area contributed by atoms with Crippen molar-refractivity contribution < 1.29 is 29.4 Å². The first-order valence-electron chi connectivity index (χ1n) is 16.1. The molecule has 45 heavy (non-hydrogen) atoms. The van der Waals surface area contributed by atoms with E-state index in [0.29, 0.717) is 19.3 Å². The minimum absolute atomic E-state index is 0.0234. The number of carbonyl (C=O) groups excluding carboxylic acids is 2. The Hall–Kier alpha value is -3.76. The van der Waals surface area contributed by atoms with Crippen LogP contribution in [-0.2, 0) is 22.4 Å². The molecule has 2 aromatic carbocycles. The highest BCUT2D eigenvalue weighted by atomic mass is 16.4. The minimum Gasteiger partial charge on any atom is -0.465 e. The smallest absolute Gasteiger partial charge is 0.406 e. The molecule has 0 bridgehead atoms. The molecule has 6 N–H and O–H groups in total. The molecular weight excluding hydrogens is 572 g/mol. The Bertz CT molecular complexity index is 1150. The molecule has 10 nitrogen and oxygen atoms in total. The molecule has 0 aliphatic carbocycles. The fourth-order valence-corrected chi connectivity index (χ4v) is 5.70. The second-order valence-electron chi connectivity index (χ2n) is 12.2. The SMILES string of the molecule is CC(C=O)C(C)NCCCCCCC[C@@H](Cc1ccccc1)C(Cc1ccccc1)(NC(=O)O)N[C@H](CNC(=O)O)C(C)C=O. The van der Waals surface area contributed by atoms with Crippen LogP contribution in [0.5, 0.6) is 0 Å². The minimum atomic E-state index is -1.22. The van der Waals surface area contributed by atoms with Crippen molar-refractivity contribution >= 4 is 24.8 Å². The van der Waals surface area contributed by atoms with Crippen molar-refractivity contribution in [3.63, 3.8) is 0 Å². The van der Waals surface area contributed by atoms with Gasteiger partial charge in [-0.15, -0.1) is 0 Å². The summed E-state index contributed by atoms with van der Waals surface area (Å²) in [5, 5.41) is 31.6. The highest BCUT2D eigenvalue weighted by molar-refractivity contribution is 5.66. The summed E-state index contributed by atoms with van der Waals surface area (Å²) in [5.74, 6) is -0.842. The van der Waals surface area contributed by atoms with Crippen LogP contribution in [-0.4, -0.2) is 65.8 Å². The molecule has 0 aliphatic rings. The van der Waals surface area contributed by atoms with Crippen LogP contribution in [0.1, 0.15) is 70.4 Å². The highest BCUT2D eigenvalue weighted by Crippen LogP contribution is 2.31. The van der Waals surface area contributed by atoms with Crippen molar-refractivity contribution in [2.24, 2.45) is 17.8 Å². The molecule has 4 unspecified atom stereocenters. The van der Waals surface area contributed by atoms with Crippen LogP contribution in [0.4, 0.5) is 9.59 Å². The summed E-state index contributed by atoms with van der Waals surface area (Å²) in [6.45, 7) is 6.41. The lowest BCUT2D eigenvalue weighted by Gasteiger charge is -2.45. The van der Waals surface area contributed by atoms with Crippen LogP contribution in [0.25, 0.3) is 0 Å². The van der Waals surface area contributed by atoms with Crippen LogP contribution in [0, 0.1) is 17.8 Å². The van der Waals surface area contributed by atoms with Gasteiger partial charge in [0.2, 0.25) is 0 Å². The number of aldehydes is 2. The molecule has 2 rings (SSSR count). The van der Waals surface area contributed by atoms with Gasteiger partial charge in [-0.25, -0.2) is 9.59 Å². The van der Waals surface area contributed by atoms with E-state index < -0.39 is 29.8 Å². The Labute approximate surface area is 267 Å². The van der Waals surface area contributed by atoms with Gasteiger partial charge in [0.05, 0.1) is 0 Å². The Kier molecular flexibility index (Phi) is 16.9. The molecule has 6 atom stereocenters. The van der Waals surface area contributed by atoms with Crippen molar-refractivity contribution in [1.82, 2.24) is 21.3 Å². The third-order valence-corrected chi connectivity index (χ3v) is 8.64. The normalized spacial score (nSPS) is 15.9. The maximum absolute atomic E-state index is 12.5. The third-order valence-electron chi connectivity index (χ3n) is 8.64. The Morgan fingerprint density at radius 2 is 1.36 bits per heavy atom. The molecule has 248 valence electrons. The molecule has 0 radical (unpaired) electrons. The number of amides is 2. The van der Waals surface area contributed by atoms with E-state index in [9.17, 15) is 29.4 Å². The van der Waals surface area contributed by atoms with Gasteiger partial charge in [-0.05, 0) is 49.8 Å². The lowest BCUT2D eigenvalue weighted by atomic mass is 9.78. The lowest BCUT2D eigenvalue weighted by molar-refractivity contribution is -0.112. The molecule has 0 saturated heterocycles. The van der Waals surface area contributed by atoms with E-state index in [-0.39, 0.29) is 24.4 Å². The summed E-state index contributed by atoms with van der Waals surface area (Å²) in [5.41, 5.74) is 0.758. The zero-order valence-corrected chi connectivity index (χ0v) is 26.9. The molecule has 2 amide bonds. The van der Waals surface area contributed by atoms with Crippen molar-refractivity contribution in [2.45, 2.75) is 89.9 Å². The van der Waals surface area contributed by atoms with E-state index in [1.807, 2.05) is 74.5 Å². The molecule has 0 fully saturated rings. The van der Waals surface area contributed by atoms with Crippen LogP contribution >= 0.6 is 0 Å². The summed E-state index contributed by atoms with van der Waals surface area (Å²) in [4.78, 5) is 46.8. The number of rotatable bonds is 23. The summed E-state index contributed by atoms with van der Waals surface area (Å²) in [7, 11) is 0. The van der Waals surface area contributed by atoms with E-state index in [4.69, 9.17) is 0 Å². The van der Waals surface area contributed by atoms with E-state index in [2.05, 4.69) is 21.3 Å². The van der Waals surface area contributed by atoms with Crippen LogP contribution in [0.2, 0.25) is 0 Å². The van der Waals surface area contributed by atoms with Gasteiger partial charge in [0.25, 0.3) is 0 Å². The molecule has 0 spiro atoms. The lowest BCUT2D eigenvalue weighted by Crippen LogP contribution is -2.69. The summed E-state index contributed by atoms with van der Waals surface area (Å²) >= 11 is 0.